The molecule has 1 atom stereocenters. The van der Waals surface area contributed by atoms with Crippen molar-refractivity contribution in [2.24, 2.45) is 0 Å². The molecule has 2 nitrogen and oxygen atoms in total. The molecule has 21 heavy (non-hydrogen) atoms. The molecule has 1 heterocycles. The summed E-state index contributed by atoms with van der Waals surface area (Å²) in [6.45, 7) is 2.69. The third-order valence-corrected chi connectivity index (χ3v) is 4.84. The molecule has 0 aliphatic heterocycles. The highest BCUT2D eigenvalue weighted by Crippen LogP contribution is 2.28. The van der Waals surface area contributed by atoms with Crippen LogP contribution >= 0.6 is 43.5 Å². The summed E-state index contributed by atoms with van der Waals surface area (Å²) in [7, 11) is 0. The van der Waals surface area contributed by atoms with Crippen LogP contribution in [0.4, 0.5) is 0 Å². The summed E-state index contributed by atoms with van der Waals surface area (Å²) in [5.41, 5.74) is 3.26. The summed E-state index contributed by atoms with van der Waals surface area (Å²) in [6.07, 6.45) is 0. The Morgan fingerprint density at radius 3 is 2.67 bits per heavy atom. The van der Waals surface area contributed by atoms with Crippen molar-refractivity contribution in [1.82, 2.24) is 9.55 Å². The topological polar surface area (TPSA) is 17.8 Å². The van der Waals surface area contributed by atoms with Crippen molar-refractivity contribution < 1.29 is 0 Å². The molecule has 0 N–H and O–H groups in total. The molecule has 0 spiro atoms. The number of benzene rings is 2. The zero-order valence-corrected chi connectivity index (χ0v) is 15.3. The molecule has 3 rings (SSSR count). The van der Waals surface area contributed by atoms with E-state index in [0.717, 1.165) is 32.3 Å². The highest BCUT2D eigenvalue weighted by Gasteiger charge is 2.16. The van der Waals surface area contributed by atoms with Gasteiger partial charge in [0.25, 0.3) is 0 Å². The van der Waals surface area contributed by atoms with Gasteiger partial charge in [0, 0.05) is 8.95 Å². The Hall–Kier alpha value is -0.840. The Morgan fingerprint density at radius 2 is 1.95 bits per heavy atom. The summed E-state index contributed by atoms with van der Waals surface area (Å²) in [5, 5.41) is -0.140. The van der Waals surface area contributed by atoms with Gasteiger partial charge in [0.05, 0.1) is 23.0 Å². The van der Waals surface area contributed by atoms with Crippen molar-refractivity contribution in [2.45, 2.75) is 18.8 Å². The molecular weight excluding hydrogens is 415 g/mol. The van der Waals surface area contributed by atoms with Gasteiger partial charge < -0.3 is 4.57 Å². The maximum absolute atomic E-state index is 6.32. The number of fused-ring (bicyclic) bond motifs is 1. The van der Waals surface area contributed by atoms with Gasteiger partial charge in [0.15, 0.2) is 0 Å². The highest BCUT2D eigenvalue weighted by atomic mass is 79.9. The van der Waals surface area contributed by atoms with E-state index in [1.54, 1.807) is 0 Å². The van der Waals surface area contributed by atoms with E-state index in [1.165, 1.54) is 5.56 Å². The summed E-state index contributed by atoms with van der Waals surface area (Å²) < 4.78 is 4.30. The molecule has 5 heteroatoms. The minimum absolute atomic E-state index is 0.140. The average Bonchev–Trinajstić information content (AvgIpc) is 2.79. The minimum atomic E-state index is -0.140. The van der Waals surface area contributed by atoms with E-state index in [9.17, 15) is 0 Å². The molecule has 1 aromatic heterocycles. The van der Waals surface area contributed by atoms with E-state index in [4.69, 9.17) is 11.6 Å². The molecule has 0 amide bonds. The van der Waals surface area contributed by atoms with Crippen molar-refractivity contribution in [3.05, 3.63) is 62.8 Å². The van der Waals surface area contributed by atoms with Crippen molar-refractivity contribution in [3.63, 3.8) is 0 Å². The normalized spacial score (nSPS) is 12.8. The molecule has 1 unspecified atom stereocenters. The Balaban J connectivity index is 2.16. The molecule has 0 aliphatic carbocycles. The van der Waals surface area contributed by atoms with Gasteiger partial charge in [0.2, 0.25) is 0 Å². The SMILES string of the molecule is CC(Cl)c1nc2cc(Br)ccc2n1Cc1ccccc1Br. The Kier molecular flexibility index (Phi) is 4.38. The van der Waals surface area contributed by atoms with E-state index < -0.39 is 0 Å². The molecule has 3 aromatic rings. The Morgan fingerprint density at radius 1 is 1.19 bits per heavy atom. The number of hydrogen-bond acceptors (Lipinski definition) is 1. The average molecular weight is 429 g/mol. The van der Waals surface area contributed by atoms with Crippen LogP contribution in [0.15, 0.2) is 51.4 Å². The predicted molar refractivity (Wildman–Crippen MR) is 94.9 cm³/mol. The highest BCUT2D eigenvalue weighted by molar-refractivity contribution is 9.10. The minimum Gasteiger partial charge on any atom is -0.322 e. The summed E-state index contributed by atoms with van der Waals surface area (Å²) in [5.74, 6) is 0.889. The number of aromatic nitrogens is 2. The first-order valence-electron chi connectivity index (χ1n) is 6.59. The summed E-state index contributed by atoms with van der Waals surface area (Å²) in [4.78, 5) is 4.68. The number of alkyl halides is 1. The van der Waals surface area contributed by atoms with E-state index in [-0.39, 0.29) is 5.38 Å². The first-order valence-corrected chi connectivity index (χ1v) is 8.61. The van der Waals surface area contributed by atoms with Gasteiger partial charge in [-0.3, -0.25) is 0 Å². The lowest BCUT2D eigenvalue weighted by atomic mass is 10.2. The van der Waals surface area contributed by atoms with Gasteiger partial charge >= 0.3 is 0 Å². The second-order valence-corrected chi connectivity index (χ2v) is 7.32. The van der Waals surface area contributed by atoms with E-state index >= 15 is 0 Å². The fraction of sp³-hybridized carbons (Fsp3) is 0.188. The van der Waals surface area contributed by atoms with Crippen LogP contribution in [0.3, 0.4) is 0 Å². The molecule has 0 saturated heterocycles. The standard InChI is InChI=1S/C16H13Br2ClN2/c1-10(19)16-20-14-8-12(17)6-7-15(14)21(16)9-11-4-2-3-5-13(11)18/h2-8,10H,9H2,1H3. The molecule has 0 aliphatic rings. The molecule has 2 aromatic carbocycles. The molecule has 108 valence electrons. The lowest BCUT2D eigenvalue weighted by molar-refractivity contribution is 0.740. The van der Waals surface area contributed by atoms with Crippen LogP contribution in [0.2, 0.25) is 0 Å². The smallest absolute Gasteiger partial charge is 0.128 e. The van der Waals surface area contributed by atoms with Crippen LogP contribution in [-0.2, 0) is 6.54 Å². The second-order valence-electron chi connectivity index (χ2n) is 4.90. The van der Waals surface area contributed by atoms with E-state index in [0.29, 0.717) is 0 Å². The maximum atomic E-state index is 6.32. The lowest BCUT2D eigenvalue weighted by Crippen LogP contribution is -2.06. The van der Waals surface area contributed by atoms with Gasteiger partial charge in [-0.15, -0.1) is 11.6 Å². The first kappa shape index (κ1) is 15.1. The van der Waals surface area contributed by atoms with Crippen molar-refractivity contribution in [3.8, 4) is 0 Å². The van der Waals surface area contributed by atoms with Gasteiger partial charge in [-0.1, -0.05) is 50.1 Å². The fourth-order valence-corrected chi connectivity index (χ4v) is 3.31. The van der Waals surface area contributed by atoms with E-state index in [1.807, 2.05) is 31.2 Å². The summed E-state index contributed by atoms with van der Waals surface area (Å²) >= 11 is 13.4. The quantitative estimate of drug-likeness (QED) is 0.474. The van der Waals surface area contributed by atoms with Gasteiger partial charge in [-0.25, -0.2) is 4.98 Å². The van der Waals surface area contributed by atoms with Crippen molar-refractivity contribution >= 4 is 54.5 Å². The number of rotatable bonds is 3. The lowest BCUT2D eigenvalue weighted by Gasteiger charge is -2.12. The predicted octanol–water partition coefficient (Wildman–Crippen LogP) is 5.91. The van der Waals surface area contributed by atoms with Crippen LogP contribution < -0.4 is 0 Å². The van der Waals surface area contributed by atoms with Crippen LogP contribution in [0.5, 0.6) is 0 Å². The molecule has 0 saturated carbocycles. The first-order chi connectivity index (χ1) is 10.1. The van der Waals surface area contributed by atoms with Crippen molar-refractivity contribution in [1.29, 1.82) is 0 Å². The maximum Gasteiger partial charge on any atom is 0.128 e. The zero-order chi connectivity index (χ0) is 15.0. The van der Waals surface area contributed by atoms with Crippen LogP contribution in [0, 0.1) is 0 Å². The van der Waals surface area contributed by atoms with Gasteiger partial charge in [0.1, 0.15) is 5.82 Å². The number of imidazole rings is 1. The third kappa shape index (κ3) is 3.03. The number of halogens is 3. The van der Waals surface area contributed by atoms with Crippen molar-refractivity contribution in [2.75, 3.05) is 0 Å². The Labute approximate surface area is 145 Å². The van der Waals surface area contributed by atoms with Gasteiger partial charge in [-0.2, -0.15) is 0 Å². The number of hydrogen-bond donors (Lipinski definition) is 0. The van der Waals surface area contributed by atoms with Crippen LogP contribution in [0.25, 0.3) is 11.0 Å². The Bertz CT molecular complexity index is 796. The van der Waals surface area contributed by atoms with Crippen LogP contribution in [-0.4, -0.2) is 9.55 Å². The van der Waals surface area contributed by atoms with Gasteiger partial charge in [-0.05, 0) is 36.8 Å². The zero-order valence-electron chi connectivity index (χ0n) is 11.4. The number of nitrogens with zero attached hydrogens (tertiary/aromatic N) is 2. The molecule has 0 radical (unpaired) electrons. The fourth-order valence-electron chi connectivity index (χ4n) is 2.39. The molecule has 0 bridgehead atoms. The summed E-state index contributed by atoms with van der Waals surface area (Å²) in [6, 6.07) is 14.3. The third-order valence-electron chi connectivity index (χ3n) is 3.38. The van der Waals surface area contributed by atoms with E-state index in [2.05, 4.69) is 59.6 Å². The molecular formula is C16H13Br2ClN2. The monoisotopic (exact) mass is 426 g/mol. The molecule has 0 fully saturated rings. The largest absolute Gasteiger partial charge is 0.322 e. The van der Waals surface area contributed by atoms with Crippen LogP contribution in [0.1, 0.15) is 23.7 Å². The second kappa shape index (κ2) is 6.11.